The van der Waals surface area contributed by atoms with Crippen LogP contribution >= 0.6 is 12.4 Å². The minimum atomic E-state index is -4.32. The van der Waals surface area contributed by atoms with Crippen LogP contribution < -0.4 is 14.9 Å². The molecule has 2 amide bonds. The molecular formula is C36H48ClN7O5S. The molecule has 3 aromatic rings. The molecule has 0 aromatic carbocycles. The van der Waals surface area contributed by atoms with Crippen LogP contribution in [0.15, 0.2) is 53.7 Å². The number of anilines is 2. The van der Waals surface area contributed by atoms with Gasteiger partial charge in [-0.15, -0.1) is 12.4 Å². The summed E-state index contributed by atoms with van der Waals surface area (Å²) in [6.07, 6.45) is 5.64. The first-order valence-corrected chi connectivity index (χ1v) is 18.5. The lowest BCUT2D eigenvalue weighted by Gasteiger charge is -2.34. The maximum Gasteiger partial charge on any atom is 0.409 e. The number of likely N-dealkylation sites (tertiary alicyclic amines) is 1. The van der Waals surface area contributed by atoms with Crippen molar-refractivity contribution in [1.29, 1.82) is 0 Å². The van der Waals surface area contributed by atoms with Crippen LogP contribution in [-0.4, -0.2) is 72.6 Å². The molecule has 2 N–H and O–H groups in total. The van der Waals surface area contributed by atoms with Gasteiger partial charge in [0, 0.05) is 42.5 Å². The van der Waals surface area contributed by atoms with Crippen molar-refractivity contribution in [2.75, 3.05) is 37.0 Å². The molecule has 3 aliphatic rings. The van der Waals surface area contributed by atoms with Gasteiger partial charge >= 0.3 is 6.09 Å². The molecule has 6 heterocycles. The third-order valence-corrected chi connectivity index (χ3v) is 11.3. The predicted octanol–water partition coefficient (Wildman–Crippen LogP) is 6.21. The molecule has 50 heavy (non-hydrogen) atoms. The number of piperidine rings is 1. The third-order valence-electron chi connectivity index (χ3n) is 10.1. The van der Waals surface area contributed by atoms with Crippen LogP contribution in [0.1, 0.15) is 106 Å². The van der Waals surface area contributed by atoms with E-state index in [0.29, 0.717) is 31.3 Å². The standard InChI is InChI=1S/C36H47N7O5S.ClH/c1-35(2,3)29-13-11-26-32(39-29)43-22-23(21-36(43,4)5)10-12-27(38-30-8-7-9-31(40-30)49(46,47)41-33(26)44)28-20-25(14-17-37-28)24-15-18-42(19-16-24)34(45)48-6;/h7-9,11,13-14,17,20,23-24,27H,10,12,15-16,18-19,21-22H2,1-6H3,(H,38,40)(H,41,44);1H/t23-,27?;/m0./s1. The Balaban J connectivity index is 0.00000486. The highest BCUT2D eigenvalue weighted by atomic mass is 35.5. The summed E-state index contributed by atoms with van der Waals surface area (Å²) in [5.41, 5.74) is 2.43. The average Bonchev–Trinajstić information content (AvgIpc) is 3.38. The van der Waals surface area contributed by atoms with Crippen molar-refractivity contribution in [3.05, 3.63) is 71.2 Å². The largest absolute Gasteiger partial charge is 0.453 e. The van der Waals surface area contributed by atoms with Gasteiger partial charge in [0.2, 0.25) is 0 Å². The van der Waals surface area contributed by atoms with Gasteiger partial charge in [0.05, 0.1) is 24.4 Å². The van der Waals surface area contributed by atoms with Gasteiger partial charge in [0.1, 0.15) is 11.6 Å². The van der Waals surface area contributed by atoms with Crippen molar-refractivity contribution in [1.82, 2.24) is 24.6 Å². The Morgan fingerprint density at radius 1 is 1.02 bits per heavy atom. The molecular weight excluding hydrogens is 678 g/mol. The fourth-order valence-electron chi connectivity index (χ4n) is 7.39. The number of hydrogen-bond acceptors (Lipinski definition) is 10. The fourth-order valence-corrected chi connectivity index (χ4v) is 8.32. The van der Waals surface area contributed by atoms with E-state index in [1.165, 1.54) is 13.2 Å². The van der Waals surface area contributed by atoms with Crippen LogP contribution in [0.2, 0.25) is 0 Å². The van der Waals surface area contributed by atoms with E-state index in [9.17, 15) is 18.0 Å². The van der Waals surface area contributed by atoms with Crippen LogP contribution in [0.4, 0.5) is 16.4 Å². The first-order valence-electron chi connectivity index (χ1n) is 17.0. The van der Waals surface area contributed by atoms with Gasteiger partial charge < -0.3 is 19.9 Å². The maximum atomic E-state index is 13.7. The Morgan fingerprint density at radius 2 is 1.76 bits per heavy atom. The van der Waals surface area contributed by atoms with E-state index in [-0.39, 0.29) is 57.9 Å². The van der Waals surface area contributed by atoms with E-state index in [4.69, 9.17) is 14.7 Å². The normalized spacial score (nSPS) is 22.2. The number of nitrogens with zero attached hydrogens (tertiary/aromatic N) is 5. The van der Waals surface area contributed by atoms with Crippen molar-refractivity contribution in [3.63, 3.8) is 0 Å². The summed E-state index contributed by atoms with van der Waals surface area (Å²) in [6.45, 7) is 12.4. The van der Waals surface area contributed by atoms with Crippen molar-refractivity contribution >= 4 is 46.1 Å². The number of amides is 2. The molecule has 3 aromatic heterocycles. The van der Waals surface area contributed by atoms with Gasteiger partial charge in [0.25, 0.3) is 15.9 Å². The van der Waals surface area contributed by atoms with Gasteiger partial charge in [0.15, 0.2) is 5.03 Å². The second-order valence-electron chi connectivity index (χ2n) is 15.1. The van der Waals surface area contributed by atoms with Crippen molar-refractivity contribution in [2.24, 2.45) is 5.92 Å². The molecule has 0 spiro atoms. The number of halogens is 1. The van der Waals surface area contributed by atoms with Crippen LogP contribution in [0.3, 0.4) is 0 Å². The lowest BCUT2D eigenvalue weighted by molar-refractivity contribution is 0.0980. The van der Waals surface area contributed by atoms with E-state index in [0.717, 1.165) is 49.1 Å². The lowest BCUT2D eigenvalue weighted by Crippen LogP contribution is -2.41. The minimum absolute atomic E-state index is 0. The fraction of sp³-hybridized carbons (Fsp3) is 0.528. The zero-order valence-corrected chi connectivity index (χ0v) is 31.2. The number of rotatable bonds is 2. The zero-order chi connectivity index (χ0) is 35.1. The molecule has 2 saturated heterocycles. The van der Waals surface area contributed by atoms with Crippen LogP contribution in [0, 0.1) is 5.92 Å². The quantitative estimate of drug-likeness (QED) is 0.313. The zero-order valence-electron chi connectivity index (χ0n) is 29.6. The van der Waals surface area contributed by atoms with Crippen molar-refractivity contribution in [2.45, 2.75) is 94.7 Å². The topological polar surface area (TPSA) is 147 Å². The predicted molar refractivity (Wildman–Crippen MR) is 194 cm³/mol. The number of aromatic nitrogens is 3. The molecule has 0 saturated carbocycles. The summed E-state index contributed by atoms with van der Waals surface area (Å²) in [7, 11) is -2.91. The Bertz CT molecular complexity index is 1840. The number of ether oxygens (including phenoxy) is 1. The molecule has 4 bridgehead atoms. The van der Waals surface area contributed by atoms with E-state index in [1.54, 1.807) is 29.2 Å². The number of carbonyl (C=O) groups excluding carboxylic acids is 2. The third kappa shape index (κ3) is 7.83. The number of hydrogen-bond donors (Lipinski definition) is 2. The molecule has 12 nitrogen and oxygen atoms in total. The second-order valence-corrected chi connectivity index (χ2v) is 16.8. The van der Waals surface area contributed by atoms with Crippen LogP contribution in [0.5, 0.6) is 0 Å². The smallest absolute Gasteiger partial charge is 0.409 e. The summed E-state index contributed by atoms with van der Waals surface area (Å²) in [6, 6.07) is 12.1. The number of sulfonamides is 1. The molecule has 6 rings (SSSR count). The van der Waals surface area contributed by atoms with E-state index < -0.39 is 15.9 Å². The monoisotopic (exact) mass is 725 g/mol. The number of fused-ring (bicyclic) bond motifs is 6. The van der Waals surface area contributed by atoms with Gasteiger partial charge in [-0.3, -0.25) is 9.78 Å². The highest BCUT2D eigenvalue weighted by molar-refractivity contribution is 7.90. The molecule has 14 heteroatoms. The Hall–Kier alpha value is -3.97. The minimum Gasteiger partial charge on any atom is -0.453 e. The van der Waals surface area contributed by atoms with E-state index >= 15 is 0 Å². The molecule has 2 fully saturated rings. The lowest BCUT2D eigenvalue weighted by atomic mass is 9.88. The first-order chi connectivity index (χ1) is 23.1. The highest BCUT2D eigenvalue weighted by Crippen LogP contribution is 2.41. The maximum absolute atomic E-state index is 13.7. The number of pyridine rings is 3. The summed E-state index contributed by atoms with van der Waals surface area (Å²) in [5, 5.41) is 3.22. The molecule has 0 radical (unpaired) electrons. The summed E-state index contributed by atoms with van der Waals surface area (Å²) >= 11 is 0. The van der Waals surface area contributed by atoms with E-state index in [2.05, 4.69) is 60.6 Å². The highest BCUT2D eigenvalue weighted by Gasteiger charge is 2.41. The molecule has 1 unspecified atom stereocenters. The number of methoxy groups -OCH3 is 1. The van der Waals surface area contributed by atoms with Gasteiger partial charge in [-0.25, -0.2) is 19.5 Å². The second kappa shape index (κ2) is 14.3. The Kier molecular flexibility index (Phi) is 10.7. The molecule has 270 valence electrons. The number of nitrogens with one attached hydrogen (secondary N) is 2. The van der Waals surface area contributed by atoms with Gasteiger partial charge in [-0.2, -0.15) is 8.42 Å². The average molecular weight is 726 g/mol. The summed E-state index contributed by atoms with van der Waals surface area (Å²) in [4.78, 5) is 43.9. The Labute approximate surface area is 301 Å². The molecule has 0 aliphatic carbocycles. The van der Waals surface area contributed by atoms with E-state index in [1.807, 2.05) is 12.3 Å². The molecule has 2 atom stereocenters. The van der Waals surface area contributed by atoms with Crippen LogP contribution in [-0.2, 0) is 20.2 Å². The van der Waals surface area contributed by atoms with Crippen LogP contribution in [0.25, 0.3) is 0 Å². The number of carbonyl (C=O) groups is 2. The summed E-state index contributed by atoms with van der Waals surface area (Å²) < 4.78 is 34.4. The first kappa shape index (κ1) is 37.3. The summed E-state index contributed by atoms with van der Waals surface area (Å²) in [5.74, 6) is 0.684. The molecule has 3 aliphatic heterocycles. The van der Waals surface area contributed by atoms with Gasteiger partial charge in [-0.05, 0) is 99.7 Å². The SMILES string of the molecule is COC(=O)N1CCC(c2ccnc(C3CC[C@@H]4CN(c5nc(C(C)(C)C)ccc5C(=O)NS(=O)(=O)c5cccc(n5)N3)C(C)(C)C4)c2)CC1.Cl. The van der Waals surface area contributed by atoms with Crippen molar-refractivity contribution < 1.29 is 22.7 Å². The van der Waals surface area contributed by atoms with Crippen molar-refractivity contribution in [3.8, 4) is 0 Å². The van der Waals surface area contributed by atoms with Gasteiger partial charge in [-0.1, -0.05) is 26.8 Å². The Morgan fingerprint density at radius 3 is 2.46 bits per heavy atom.